The summed E-state index contributed by atoms with van der Waals surface area (Å²) in [5.41, 5.74) is 0.695. The van der Waals surface area contributed by atoms with Gasteiger partial charge in [0.1, 0.15) is 5.76 Å². The molecule has 1 fully saturated rings. The van der Waals surface area contributed by atoms with Crippen LogP contribution in [0.2, 0.25) is 0 Å². The van der Waals surface area contributed by atoms with E-state index in [1.807, 2.05) is 6.07 Å². The summed E-state index contributed by atoms with van der Waals surface area (Å²) in [5.74, 6) is -0.191. The average Bonchev–Trinajstić information content (AvgIpc) is 2.86. The van der Waals surface area contributed by atoms with Crippen LogP contribution in [0.15, 0.2) is 10.5 Å². The number of hydrogen-bond donors (Lipinski definition) is 1. The molecule has 5 heteroatoms. The molecule has 0 saturated carbocycles. The molecule has 0 spiro atoms. The van der Waals surface area contributed by atoms with Crippen LogP contribution in [0.1, 0.15) is 28.3 Å². The van der Waals surface area contributed by atoms with Gasteiger partial charge < -0.3 is 14.4 Å². The third kappa shape index (κ3) is 2.73. The monoisotopic (exact) mass is 252 g/mol. The Hall–Kier alpha value is -1.33. The quantitative estimate of drug-likeness (QED) is 0.878. The van der Waals surface area contributed by atoms with Gasteiger partial charge in [-0.15, -0.1) is 0 Å². The van der Waals surface area contributed by atoms with Gasteiger partial charge >= 0.3 is 5.97 Å². The van der Waals surface area contributed by atoms with Crippen LogP contribution in [-0.4, -0.2) is 54.1 Å². The van der Waals surface area contributed by atoms with Gasteiger partial charge in [0.05, 0.1) is 6.54 Å². The first-order chi connectivity index (χ1) is 8.47. The molecule has 0 aromatic carbocycles. The molecule has 0 aliphatic carbocycles. The van der Waals surface area contributed by atoms with Crippen molar-refractivity contribution < 1.29 is 14.3 Å². The summed E-state index contributed by atoms with van der Waals surface area (Å²) in [7, 11) is 4.18. The molecule has 100 valence electrons. The zero-order valence-electron chi connectivity index (χ0n) is 11.1. The lowest BCUT2D eigenvalue weighted by atomic mass is 10.2. The minimum absolute atomic E-state index is 0.0633. The van der Waals surface area contributed by atoms with Crippen molar-refractivity contribution in [3.8, 4) is 0 Å². The van der Waals surface area contributed by atoms with Crippen LogP contribution in [0.25, 0.3) is 0 Å². The molecule has 0 amide bonds. The predicted octanol–water partition coefficient (Wildman–Crippen LogP) is 1.42. The zero-order chi connectivity index (χ0) is 13.3. The first kappa shape index (κ1) is 13.1. The Morgan fingerprint density at radius 3 is 2.83 bits per heavy atom. The molecule has 1 atom stereocenters. The van der Waals surface area contributed by atoms with E-state index in [4.69, 9.17) is 9.52 Å². The summed E-state index contributed by atoms with van der Waals surface area (Å²) < 4.78 is 5.38. The van der Waals surface area contributed by atoms with Crippen LogP contribution in [0.3, 0.4) is 0 Å². The van der Waals surface area contributed by atoms with E-state index in [0.717, 1.165) is 25.3 Å². The highest BCUT2D eigenvalue weighted by atomic mass is 16.4. The number of rotatable bonds is 4. The van der Waals surface area contributed by atoms with E-state index in [1.165, 1.54) is 0 Å². The minimum atomic E-state index is -0.994. The Bertz CT molecular complexity index is 439. The second-order valence-corrected chi connectivity index (χ2v) is 5.17. The lowest BCUT2D eigenvalue weighted by molar-refractivity contribution is 0.0657. The summed E-state index contributed by atoms with van der Waals surface area (Å²) in [6.07, 6.45) is 1.15. The van der Waals surface area contributed by atoms with Crippen molar-refractivity contribution in [1.29, 1.82) is 0 Å². The Kier molecular flexibility index (Phi) is 3.73. The number of nitrogens with zero attached hydrogens (tertiary/aromatic N) is 2. The molecule has 1 N–H and O–H groups in total. The maximum atomic E-state index is 10.9. The molecular formula is C13H20N2O3. The molecule has 1 aliphatic rings. The topological polar surface area (TPSA) is 56.9 Å². The van der Waals surface area contributed by atoms with E-state index in [2.05, 4.69) is 23.9 Å². The van der Waals surface area contributed by atoms with Gasteiger partial charge in [-0.2, -0.15) is 0 Å². The SMILES string of the molecule is Cc1cc(CN2CCC(N(C)C)C2)oc1C(=O)O. The summed E-state index contributed by atoms with van der Waals surface area (Å²) in [6, 6.07) is 2.41. The van der Waals surface area contributed by atoms with Gasteiger partial charge in [-0.05, 0) is 33.5 Å². The predicted molar refractivity (Wildman–Crippen MR) is 67.8 cm³/mol. The summed E-state index contributed by atoms with van der Waals surface area (Å²) >= 11 is 0. The van der Waals surface area contributed by atoms with E-state index >= 15 is 0 Å². The number of furan rings is 1. The van der Waals surface area contributed by atoms with Crippen molar-refractivity contribution in [1.82, 2.24) is 9.80 Å². The van der Waals surface area contributed by atoms with Crippen LogP contribution >= 0.6 is 0 Å². The fraction of sp³-hybridized carbons (Fsp3) is 0.615. The molecule has 1 unspecified atom stereocenters. The van der Waals surface area contributed by atoms with Crippen molar-refractivity contribution in [2.24, 2.45) is 0 Å². The third-order valence-electron chi connectivity index (χ3n) is 3.52. The van der Waals surface area contributed by atoms with E-state index in [0.29, 0.717) is 18.2 Å². The van der Waals surface area contributed by atoms with Crippen LogP contribution < -0.4 is 0 Å². The Morgan fingerprint density at radius 1 is 1.61 bits per heavy atom. The third-order valence-corrected chi connectivity index (χ3v) is 3.52. The van der Waals surface area contributed by atoms with Crippen LogP contribution in [0.4, 0.5) is 0 Å². The number of carbonyl (C=O) groups is 1. The number of carboxylic acids is 1. The Morgan fingerprint density at radius 2 is 2.33 bits per heavy atom. The van der Waals surface area contributed by atoms with Gasteiger partial charge in [0, 0.05) is 24.7 Å². The number of likely N-dealkylation sites (N-methyl/N-ethyl adjacent to an activating group) is 1. The largest absolute Gasteiger partial charge is 0.475 e. The highest BCUT2D eigenvalue weighted by Crippen LogP contribution is 2.20. The van der Waals surface area contributed by atoms with Gasteiger partial charge in [0.15, 0.2) is 0 Å². The molecule has 1 aliphatic heterocycles. The fourth-order valence-corrected chi connectivity index (χ4v) is 2.44. The maximum Gasteiger partial charge on any atom is 0.372 e. The molecule has 1 aromatic rings. The van der Waals surface area contributed by atoms with Gasteiger partial charge in [0.2, 0.25) is 5.76 Å². The summed E-state index contributed by atoms with van der Waals surface area (Å²) in [5, 5.41) is 8.94. The van der Waals surface area contributed by atoms with E-state index in [1.54, 1.807) is 6.92 Å². The number of hydrogen-bond acceptors (Lipinski definition) is 4. The lowest BCUT2D eigenvalue weighted by Crippen LogP contribution is -2.31. The smallest absolute Gasteiger partial charge is 0.372 e. The highest BCUT2D eigenvalue weighted by Gasteiger charge is 2.25. The Balaban J connectivity index is 1.99. The lowest BCUT2D eigenvalue weighted by Gasteiger charge is -2.19. The van der Waals surface area contributed by atoms with Crippen molar-refractivity contribution >= 4 is 5.97 Å². The summed E-state index contributed by atoms with van der Waals surface area (Å²) in [4.78, 5) is 15.4. The second-order valence-electron chi connectivity index (χ2n) is 5.17. The molecule has 18 heavy (non-hydrogen) atoms. The molecule has 0 radical (unpaired) electrons. The van der Waals surface area contributed by atoms with E-state index in [-0.39, 0.29) is 5.76 Å². The molecule has 1 saturated heterocycles. The standard InChI is InChI=1S/C13H20N2O3/c1-9-6-11(18-12(9)13(16)17)8-15-5-4-10(7-15)14(2)3/h6,10H,4-5,7-8H2,1-3H3,(H,16,17). The van der Waals surface area contributed by atoms with Crippen molar-refractivity contribution in [3.63, 3.8) is 0 Å². The molecular weight excluding hydrogens is 232 g/mol. The van der Waals surface area contributed by atoms with Crippen molar-refractivity contribution in [2.75, 3.05) is 27.2 Å². The van der Waals surface area contributed by atoms with Gasteiger partial charge in [-0.1, -0.05) is 0 Å². The molecule has 2 rings (SSSR count). The fourth-order valence-electron chi connectivity index (χ4n) is 2.44. The second kappa shape index (κ2) is 5.12. The first-order valence-electron chi connectivity index (χ1n) is 6.18. The number of carboxylic acid groups (broad SMARTS) is 1. The van der Waals surface area contributed by atoms with Crippen LogP contribution in [0, 0.1) is 6.92 Å². The molecule has 0 bridgehead atoms. The molecule has 1 aromatic heterocycles. The molecule has 5 nitrogen and oxygen atoms in total. The van der Waals surface area contributed by atoms with Crippen molar-refractivity contribution in [2.45, 2.75) is 25.9 Å². The van der Waals surface area contributed by atoms with Crippen LogP contribution in [0.5, 0.6) is 0 Å². The van der Waals surface area contributed by atoms with Crippen molar-refractivity contribution in [3.05, 3.63) is 23.2 Å². The normalized spacial score (nSPS) is 20.8. The number of aryl methyl sites for hydroxylation is 1. The summed E-state index contributed by atoms with van der Waals surface area (Å²) in [6.45, 7) is 4.50. The number of likely N-dealkylation sites (tertiary alicyclic amines) is 1. The average molecular weight is 252 g/mol. The maximum absolute atomic E-state index is 10.9. The van der Waals surface area contributed by atoms with E-state index < -0.39 is 5.97 Å². The number of aromatic carboxylic acids is 1. The minimum Gasteiger partial charge on any atom is -0.475 e. The first-order valence-corrected chi connectivity index (χ1v) is 6.18. The van der Waals surface area contributed by atoms with Gasteiger partial charge in [-0.3, -0.25) is 4.90 Å². The van der Waals surface area contributed by atoms with E-state index in [9.17, 15) is 4.79 Å². The zero-order valence-corrected chi connectivity index (χ0v) is 11.1. The highest BCUT2D eigenvalue weighted by molar-refractivity contribution is 5.86. The Labute approximate surface area is 107 Å². The van der Waals surface area contributed by atoms with Gasteiger partial charge in [0.25, 0.3) is 0 Å². The van der Waals surface area contributed by atoms with Gasteiger partial charge in [-0.25, -0.2) is 4.79 Å². The molecule has 2 heterocycles. The van der Waals surface area contributed by atoms with Crippen LogP contribution in [-0.2, 0) is 6.54 Å².